The molecule has 3 rings (SSSR count). The van der Waals surface area contributed by atoms with Crippen LogP contribution in [0.1, 0.15) is 0 Å². The Morgan fingerprint density at radius 2 is 1.57 bits per heavy atom. The normalized spacial score (nSPS) is 10.6. The van der Waals surface area contributed by atoms with Gasteiger partial charge in [0.2, 0.25) is 0 Å². The summed E-state index contributed by atoms with van der Waals surface area (Å²) in [6.07, 6.45) is 0. The fourth-order valence-electron chi connectivity index (χ4n) is 2.24. The van der Waals surface area contributed by atoms with Crippen molar-refractivity contribution in [3.05, 3.63) is 79.7 Å². The maximum Gasteiger partial charge on any atom is 0.287 e. The Morgan fingerprint density at radius 3 is 2.18 bits per heavy atom. The molecule has 0 unspecified atom stereocenters. The van der Waals surface area contributed by atoms with Gasteiger partial charge in [-0.1, -0.05) is 47.8 Å². The average Bonchev–Trinajstić information content (AvgIpc) is 2.66. The lowest BCUT2D eigenvalue weighted by molar-refractivity contribution is -0.387. The van der Waals surface area contributed by atoms with E-state index in [2.05, 4.69) is 31.9 Å². The average molecular weight is 543 g/mol. The molecule has 0 fully saturated rings. The molecule has 9 heteroatoms. The van der Waals surface area contributed by atoms with E-state index in [0.29, 0.717) is 4.90 Å². The van der Waals surface area contributed by atoms with E-state index in [4.69, 9.17) is 4.74 Å². The van der Waals surface area contributed by atoms with Crippen LogP contribution in [0.2, 0.25) is 0 Å². The van der Waals surface area contributed by atoms with E-state index in [1.165, 1.54) is 35.7 Å². The molecular weight excluding hydrogens is 530 g/mol. The van der Waals surface area contributed by atoms with Crippen LogP contribution in [0.3, 0.4) is 0 Å². The molecule has 0 saturated carbocycles. The summed E-state index contributed by atoms with van der Waals surface area (Å²) >= 11 is 9.49. The van der Waals surface area contributed by atoms with Crippen LogP contribution in [0, 0.1) is 10.1 Å². The van der Waals surface area contributed by atoms with Gasteiger partial charge in [0.25, 0.3) is 5.69 Å². The molecule has 3 aromatic rings. The van der Waals surface area contributed by atoms with Crippen molar-refractivity contribution in [3.63, 3.8) is 0 Å². The van der Waals surface area contributed by atoms with Gasteiger partial charge in [0, 0.05) is 24.8 Å². The molecule has 0 aliphatic heterocycles. The summed E-state index contributed by atoms with van der Waals surface area (Å²) in [5.74, 6) is 0.125. The van der Waals surface area contributed by atoms with Crippen LogP contribution >= 0.6 is 55.4 Å². The lowest BCUT2D eigenvalue weighted by atomic mass is 10.3. The van der Waals surface area contributed by atoms with Crippen LogP contribution in [-0.4, -0.2) is 16.0 Å². The second-order valence-corrected chi connectivity index (χ2v) is 9.17. The van der Waals surface area contributed by atoms with Gasteiger partial charge in [0.15, 0.2) is 11.5 Å². The predicted octanol–water partition coefficient (Wildman–Crippen LogP) is 7.11. The molecule has 0 amide bonds. The van der Waals surface area contributed by atoms with E-state index >= 15 is 0 Å². The van der Waals surface area contributed by atoms with Crippen molar-refractivity contribution >= 4 is 61.1 Å². The first-order valence-corrected chi connectivity index (χ1v) is 11.3. The molecule has 0 saturated heterocycles. The van der Waals surface area contributed by atoms with E-state index in [1.54, 1.807) is 0 Å². The van der Waals surface area contributed by atoms with Crippen LogP contribution < -0.4 is 4.74 Å². The van der Waals surface area contributed by atoms with E-state index in [0.717, 1.165) is 18.7 Å². The quantitative estimate of drug-likeness (QED) is 0.148. The summed E-state index contributed by atoms with van der Waals surface area (Å²) in [4.78, 5) is 13.2. The highest BCUT2D eigenvalue weighted by atomic mass is 79.9. The minimum absolute atomic E-state index is 0.0720. The number of thioether (sulfide) groups is 1. The summed E-state index contributed by atoms with van der Waals surface area (Å²) < 4.78 is 7.33. The predicted molar refractivity (Wildman–Crippen MR) is 119 cm³/mol. The number of nitro benzene ring substituents is 1. The first-order chi connectivity index (χ1) is 13.5. The standard InChI is InChI=1S/C19H13Br2NO4S2/c20-12-5-1-3-7-17(12)27-11-26-16-9-14(22(24)25)19(10-15(16)23)28-18-8-4-2-6-13(18)21/h1-10,23H,11H2. The number of phenolic OH excluding ortho intramolecular Hbond substituents is 1. The largest absolute Gasteiger partial charge is 0.504 e. The molecule has 1 N–H and O–H groups in total. The van der Waals surface area contributed by atoms with E-state index in [-0.39, 0.29) is 23.1 Å². The third-order valence-corrected chi connectivity index (χ3v) is 7.49. The number of benzene rings is 3. The van der Waals surface area contributed by atoms with Crippen molar-refractivity contribution in [2.24, 2.45) is 0 Å². The molecule has 28 heavy (non-hydrogen) atoms. The number of hydrogen-bond donors (Lipinski definition) is 1. The van der Waals surface area contributed by atoms with Crippen molar-refractivity contribution in [1.29, 1.82) is 0 Å². The number of halogens is 2. The molecule has 0 atom stereocenters. The highest BCUT2D eigenvalue weighted by Crippen LogP contribution is 2.43. The summed E-state index contributed by atoms with van der Waals surface area (Å²) in [6, 6.07) is 17.7. The summed E-state index contributed by atoms with van der Waals surface area (Å²) in [5.41, 5.74) is -0.126. The van der Waals surface area contributed by atoms with Crippen molar-refractivity contribution < 1.29 is 14.8 Å². The van der Waals surface area contributed by atoms with Gasteiger partial charge >= 0.3 is 0 Å². The molecule has 0 aliphatic carbocycles. The third-order valence-electron chi connectivity index (χ3n) is 3.56. The van der Waals surface area contributed by atoms with E-state index in [9.17, 15) is 15.2 Å². The van der Waals surface area contributed by atoms with Gasteiger partial charge in [-0.2, -0.15) is 0 Å². The van der Waals surface area contributed by atoms with Gasteiger partial charge in [0.05, 0.1) is 15.9 Å². The molecule has 0 heterocycles. The molecule has 0 spiro atoms. The number of hydrogen-bond acceptors (Lipinski definition) is 6. The molecule has 144 valence electrons. The summed E-state index contributed by atoms with van der Waals surface area (Å²) in [6.45, 7) is 0. The second-order valence-electron chi connectivity index (χ2n) is 5.41. The van der Waals surface area contributed by atoms with E-state index < -0.39 is 4.92 Å². The Labute approximate surface area is 186 Å². The topological polar surface area (TPSA) is 72.6 Å². The SMILES string of the molecule is O=[N+]([O-])c1cc(OCSc2ccccc2Br)c(O)cc1Sc1ccccc1Br. The smallest absolute Gasteiger partial charge is 0.287 e. The Bertz CT molecular complexity index is 1020. The monoisotopic (exact) mass is 541 g/mol. The van der Waals surface area contributed by atoms with Crippen molar-refractivity contribution in [1.82, 2.24) is 0 Å². The summed E-state index contributed by atoms with van der Waals surface area (Å²) in [5, 5.41) is 21.8. The highest BCUT2D eigenvalue weighted by Gasteiger charge is 2.21. The van der Waals surface area contributed by atoms with Crippen molar-refractivity contribution in [3.8, 4) is 11.5 Å². The zero-order valence-corrected chi connectivity index (χ0v) is 19.0. The first-order valence-electron chi connectivity index (χ1n) is 7.89. The Balaban J connectivity index is 1.80. The van der Waals surface area contributed by atoms with Gasteiger partial charge in [0.1, 0.15) is 5.94 Å². The van der Waals surface area contributed by atoms with Gasteiger partial charge in [-0.05, 0) is 56.1 Å². The van der Waals surface area contributed by atoms with Crippen LogP contribution in [0.25, 0.3) is 0 Å². The van der Waals surface area contributed by atoms with Crippen LogP contribution in [-0.2, 0) is 0 Å². The summed E-state index contributed by atoms with van der Waals surface area (Å²) in [7, 11) is 0. The van der Waals surface area contributed by atoms with Crippen LogP contribution in [0.15, 0.2) is 84.3 Å². The number of ether oxygens (including phenoxy) is 1. The molecule has 0 radical (unpaired) electrons. The van der Waals surface area contributed by atoms with Crippen molar-refractivity contribution in [2.75, 3.05) is 5.94 Å². The molecule has 5 nitrogen and oxygen atoms in total. The third kappa shape index (κ3) is 5.22. The minimum atomic E-state index is -0.480. The number of nitro groups is 1. The molecule has 3 aromatic carbocycles. The van der Waals surface area contributed by atoms with Crippen LogP contribution in [0.5, 0.6) is 11.5 Å². The lowest BCUT2D eigenvalue weighted by Crippen LogP contribution is -1.97. The van der Waals surface area contributed by atoms with Crippen molar-refractivity contribution in [2.45, 2.75) is 14.7 Å². The highest BCUT2D eigenvalue weighted by molar-refractivity contribution is 9.10. The number of phenols is 1. The maximum atomic E-state index is 11.5. The second kappa shape index (κ2) is 9.69. The first kappa shape index (κ1) is 21.0. The maximum absolute atomic E-state index is 11.5. The van der Waals surface area contributed by atoms with Gasteiger partial charge in [-0.25, -0.2) is 0 Å². The fourth-order valence-corrected chi connectivity index (χ4v) is 5.05. The molecular formula is C19H13Br2NO4S2. The lowest BCUT2D eigenvalue weighted by Gasteiger charge is -2.11. The number of aromatic hydroxyl groups is 1. The van der Waals surface area contributed by atoms with E-state index in [1.807, 2.05) is 48.5 Å². The fraction of sp³-hybridized carbons (Fsp3) is 0.0526. The molecule has 0 aromatic heterocycles. The zero-order chi connectivity index (χ0) is 20.1. The zero-order valence-electron chi connectivity index (χ0n) is 14.2. The minimum Gasteiger partial charge on any atom is -0.504 e. The molecule has 0 aliphatic rings. The number of rotatable bonds is 7. The Morgan fingerprint density at radius 1 is 0.964 bits per heavy atom. The Hall–Kier alpha value is -1.68. The molecule has 0 bridgehead atoms. The van der Waals surface area contributed by atoms with Gasteiger partial charge in [-0.3, -0.25) is 10.1 Å². The van der Waals surface area contributed by atoms with Crippen LogP contribution in [0.4, 0.5) is 5.69 Å². The Kier molecular flexibility index (Phi) is 7.28. The number of nitrogens with zero attached hydrogens (tertiary/aromatic N) is 1. The van der Waals surface area contributed by atoms with Gasteiger partial charge < -0.3 is 9.84 Å². The van der Waals surface area contributed by atoms with Gasteiger partial charge in [-0.15, -0.1) is 0 Å².